The standard InChI is InChI=1S/C17H23NO3/c1-17(2,3)21-16(20)18-11-14(12-18)15(19)10-9-13-7-5-4-6-8-13/h4-8,14H,9-12H2,1-3H3. The van der Waals surface area contributed by atoms with E-state index >= 15 is 0 Å². The smallest absolute Gasteiger partial charge is 0.410 e. The zero-order chi connectivity index (χ0) is 15.5. The third kappa shape index (κ3) is 4.59. The molecule has 2 rings (SSSR count). The van der Waals surface area contributed by atoms with E-state index in [9.17, 15) is 9.59 Å². The highest BCUT2D eigenvalue weighted by Crippen LogP contribution is 2.21. The Hall–Kier alpha value is -1.84. The predicted molar refractivity (Wildman–Crippen MR) is 81.1 cm³/mol. The number of ketones is 1. The van der Waals surface area contributed by atoms with Gasteiger partial charge in [0.05, 0.1) is 5.92 Å². The number of hydrogen-bond donors (Lipinski definition) is 0. The largest absolute Gasteiger partial charge is 0.444 e. The molecule has 1 fully saturated rings. The Morgan fingerprint density at radius 2 is 1.81 bits per heavy atom. The zero-order valence-electron chi connectivity index (χ0n) is 13.0. The number of Topliss-reactive ketones (excluding diaryl/α,β-unsaturated/α-hetero) is 1. The summed E-state index contributed by atoms with van der Waals surface area (Å²) in [5.74, 6) is 0.208. The fourth-order valence-electron chi connectivity index (χ4n) is 2.27. The number of amides is 1. The molecule has 0 aliphatic carbocycles. The van der Waals surface area contributed by atoms with Crippen molar-refractivity contribution in [3.63, 3.8) is 0 Å². The van der Waals surface area contributed by atoms with E-state index in [1.54, 1.807) is 4.90 Å². The van der Waals surface area contributed by atoms with Gasteiger partial charge in [-0.2, -0.15) is 0 Å². The molecule has 1 aromatic carbocycles. The van der Waals surface area contributed by atoms with Gasteiger partial charge in [0.1, 0.15) is 11.4 Å². The van der Waals surface area contributed by atoms with Crippen molar-refractivity contribution in [2.45, 2.75) is 39.2 Å². The number of likely N-dealkylation sites (tertiary alicyclic amines) is 1. The number of hydrogen-bond acceptors (Lipinski definition) is 3. The summed E-state index contributed by atoms with van der Waals surface area (Å²) in [6.45, 7) is 6.50. The van der Waals surface area contributed by atoms with E-state index in [4.69, 9.17) is 4.74 Å². The van der Waals surface area contributed by atoms with Gasteiger partial charge >= 0.3 is 6.09 Å². The lowest BCUT2D eigenvalue weighted by molar-refractivity contribution is -0.127. The molecule has 0 aromatic heterocycles. The van der Waals surface area contributed by atoms with Gasteiger partial charge in [-0.1, -0.05) is 30.3 Å². The van der Waals surface area contributed by atoms with Crippen LogP contribution >= 0.6 is 0 Å². The normalized spacial score (nSPS) is 15.5. The number of rotatable bonds is 4. The van der Waals surface area contributed by atoms with Crippen molar-refractivity contribution in [3.05, 3.63) is 35.9 Å². The van der Waals surface area contributed by atoms with Crippen LogP contribution in [0.25, 0.3) is 0 Å². The van der Waals surface area contributed by atoms with Gasteiger partial charge < -0.3 is 9.64 Å². The van der Waals surface area contributed by atoms with Crippen LogP contribution in [0.5, 0.6) is 0 Å². The molecule has 4 nitrogen and oxygen atoms in total. The molecule has 0 N–H and O–H groups in total. The molecule has 1 heterocycles. The maximum atomic E-state index is 12.1. The Morgan fingerprint density at radius 1 is 1.19 bits per heavy atom. The monoisotopic (exact) mass is 289 g/mol. The second-order valence-electron chi connectivity index (χ2n) is 6.53. The SMILES string of the molecule is CC(C)(C)OC(=O)N1CC(C(=O)CCc2ccccc2)C1. The highest BCUT2D eigenvalue weighted by atomic mass is 16.6. The fourth-order valence-corrected chi connectivity index (χ4v) is 2.27. The molecule has 1 amide bonds. The molecule has 21 heavy (non-hydrogen) atoms. The van der Waals surface area contributed by atoms with Gasteiger partial charge in [0.25, 0.3) is 0 Å². The van der Waals surface area contributed by atoms with E-state index in [0.29, 0.717) is 19.5 Å². The summed E-state index contributed by atoms with van der Waals surface area (Å²) in [6, 6.07) is 9.98. The summed E-state index contributed by atoms with van der Waals surface area (Å²) in [4.78, 5) is 25.4. The molecule has 0 unspecified atom stereocenters. The number of carbonyl (C=O) groups is 2. The Kier molecular flexibility index (Phi) is 4.66. The molecular formula is C17H23NO3. The molecule has 1 aliphatic heterocycles. The van der Waals surface area contributed by atoms with Crippen LogP contribution in [-0.2, 0) is 16.0 Å². The summed E-state index contributed by atoms with van der Waals surface area (Å²) in [6.07, 6.45) is 0.981. The number of aryl methyl sites for hydroxylation is 1. The molecule has 4 heteroatoms. The van der Waals surface area contributed by atoms with Crippen molar-refractivity contribution in [2.24, 2.45) is 5.92 Å². The molecule has 1 aromatic rings. The van der Waals surface area contributed by atoms with Gasteiger partial charge in [-0.05, 0) is 32.8 Å². The maximum Gasteiger partial charge on any atom is 0.410 e. The first kappa shape index (κ1) is 15.5. The summed E-state index contributed by atoms with van der Waals surface area (Å²) >= 11 is 0. The maximum absolute atomic E-state index is 12.1. The summed E-state index contributed by atoms with van der Waals surface area (Å²) in [5, 5.41) is 0. The topological polar surface area (TPSA) is 46.6 Å². The number of ether oxygens (including phenoxy) is 1. The van der Waals surface area contributed by atoms with Crippen LogP contribution in [0, 0.1) is 5.92 Å². The molecule has 0 saturated carbocycles. The molecule has 0 atom stereocenters. The van der Waals surface area contributed by atoms with Gasteiger partial charge in [0, 0.05) is 19.5 Å². The van der Waals surface area contributed by atoms with Gasteiger partial charge in [-0.25, -0.2) is 4.79 Å². The van der Waals surface area contributed by atoms with Crippen molar-refractivity contribution in [3.8, 4) is 0 Å². The van der Waals surface area contributed by atoms with Gasteiger partial charge in [0.2, 0.25) is 0 Å². The van der Waals surface area contributed by atoms with E-state index < -0.39 is 5.60 Å². The molecule has 0 radical (unpaired) electrons. The van der Waals surface area contributed by atoms with Crippen LogP contribution < -0.4 is 0 Å². The lowest BCUT2D eigenvalue weighted by Gasteiger charge is -2.38. The van der Waals surface area contributed by atoms with Crippen molar-refractivity contribution in [2.75, 3.05) is 13.1 Å². The second kappa shape index (κ2) is 6.29. The fraction of sp³-hybridized carbons (Fsp3) is 0.529. The summed E-state index contributed by atoms with van der Waals surface area (Å²) in [7, 11) is 0. The van der Waals surface area contributed by atoms with E-state index in [1.165, 1.54) is 5.56 Å². The average molecular weight is 289 g/mol. The Bertz CT molecular complexity index is 499. The first-order chi connectivity index (χ1) is 9.85. The molecule has 0 spiro atoms. The lowest BCUT2D eigenvalue weighted by Crippen LogP contribution is -2.54. The Morgan fingerprint density at radius 3 is 2.38 bits per heavy atom. The van der Waals surface area contributed by atoms with Crippen LogP contribution in [0.4, 0.5) is 4.79 Å². The van der Waals surface area contributed by atoms with Crippen molar-refractivity contribution in [1.29, 1.82) is 0 Å². The van der Waals surface area contributed by atoms with E-state index in [0.717, 1.165) is 6.42 Å². The second-order valence-corrected chi connectivity index (χ2v) is 6.53. The Labute approximate surface area is 126 Å². The summed E-state index contributed by atoms with van der Waals surface area (Å²) in [5.41, 5.74) is 0.689. The van der Waals surface area contributed by atoms with Crippen LogP contribution in [0.3, 0.4) is 0 Å². The Balaban J connectivity index is 1.72. The quantitative estimate of drug-likeness (QED) is 0.856. The molecule has 114 valence electrons. The first-order valence-electron chi connectivity index (χ1n) is 7.40. The molecular weight excluding hydrogens is 266 g/mol. The van der Waals surface area contributed by atoms with Crippen molar-refractivity contribution in [1.82, 2.24) is 4.90 Å². The minimum absolute atomic E-state index is 0.0266. The lowest BCUT2D eigenvalue weighted by atomic mass is 9.92. The highest BCUT2D eigenvalue weighted by Gasteiger charge is 2.37. The molecule has 0 bridgehead atoms. The van der Waals surface area contributed by atoms with Crippen LogP contribution in [0.15, 0.2) is 30.3 Å². The average Bonchev–Trinajstić information content (AvgIpc) is 2.33. The number of carbonyl (C=O) groups excluding carboxylic acids is 2. The number of nitrogens with zero attached hydrogens (tertiary/aromatic N) is 1. The molecule has 1 aliphatic rings. The summed E-state index contributed by atoms with van der Waals surface area (Å²) < 4.78 is 5.27. The predicted octanol–water partition coefficient (Wildman–Crippen LogP) is 3.06. The minimum atomic E-state index is -0.487. The van der Waals surface area contributed by atoms with E-state index in [-0.39, 0.29) is 17.8 Å². The van der Waals surface area contributed by atoms with Crippen molar-refractivity contribution >= 4 is 11.9 Å². The third-order valence-corrected chi connectivity index (χ3v) is 3.49. The first-order valence-corrected chi connectivity index (χ1v) is 7.40. The number of benzene rings is 1. The third-order valence-electron chi connectivity index (χ3n) is 3.49. The van der Waals surface area contributed by atoms with Crippen molar-refractivity contribution < 1.29 is 14.3 Å². The highest BCUT2D eigenvalue weighted by molar-refractivity contribution is 5.84. The van der Waals surface area contributed by atoms with Gasteiger partial charge in [-0.15, -0.1) is 0 Å². The van der Waals surface area contributed by atoms with E-state index in [1.807, 2.05) is 51.1 Å². The van der Waals surface area contributed by atoms with Crippen LogP contribution in [0.1, 0.15) is 32.8 Å². The van der Waals surface area contributed by atoms with Crippen LogP contribution in [0.2, 0.25) is 0 Å². The zero-order valence-corrected chi connectivity index (χ0v) is 13.0. The van der Waals surface area contributed by atoms with E-state index in [2.05, 4.69) is 0 Å². The molecule has 1 saturated heterocycles. The van der Waals surface area contributed by atoms with Crippen LogP contribution in [-0.4, -0.2) is 35.5 Å². The minimum Gasteiger partial charge on any atom is -0.444 e. The van der Waals surface area contributed by atoms with Gasteiger partial charge in [-0.3, -0.25) is 4.79 Å². The van der Waals surface area contributed by atoms with Gasteiger partial charge in [0.15, 0.2) is 0 Å².